The second-order valence-electron chi connectivity index (χ2n) is 5.36. The molecule has 23 heavy (non-hydrogen) atoms. The SMILES string of the molecule is COc1ccc(-n2[nH]c(C)c(Cc3ccc(Cl)cc3)c2=O)cc1. The van der Waals surface area contributed by atoms with Crippen LogP contribution in [0.5, 0.6) is 5.75 Å². The van der Waals surface area contributed by atoms with Crippen LogP contribution in [0.1, 0.15) is 16.8 Å². The molecule has 0 bridgehead atoms. The number of nitrogens with zero attached hydrogens (tertiary/aromatic N) is 1. The van der Waals surface area contributed by atoms with Gasteiger partial charge < -0.3 is 4.74 Å². The average molecular weight is 329 g/mol. The van der Waals surface area contributed by atoms with E-state index in [1.165, 1.54) is 0 Å². The smallest absolute Gasteiger partial charge is 0.274 e. The molecule has 3 aromatic rings. The molecule has 0 radical (unpaired) electrons. The van der Waals surface area contributed by atoms with Crippen molar-refractivity contribution >= 4 is 11.6 Å². The summed E-state index contributed by atoms with van der Waals surface area (Å²) in [5.74, 6) is 0.756. The van der Waals surface area contributed by atoms with Gasteiger partial charge in [0, 0.05) is 22.7 Å². The highest BCUT2D eigenvalue weighted by Crippen LogP contribution is 2.16. The highest BCUT2D eigenvalue weighted by molar-refractivity contribution is 6.30. The van der Waals surface area contributed by atoms with Gasteiger partial charge >= 0.3 is 0 Å². The third kappa shape index (κ3) is 3.17. The summed E-state index contributed by atoms with van der Waals surface area (Å²) in [5, 5.41) is 3.83. The predicted molar refractivity (Wildman–Crippen MR) is 91.9 cm³/mol. The summed E-state index contributed by atoms with van der Waals surface area (Å²) in [6, 6.07) is 14.9. The van der Waals surface area contributed by atoms with Crippen LogP contribution in [0.3, 0.4) is 0 Å². The molecule has 0 aliphatic heterocycles. The normalized spacial score (nSPS) is 10.7. The Bertz CT molecular complexity index is 862. The molecule has 0 unspecified atom stereocenters. The third-order valence-electron chi connectivity index (χ3n) is 3.82. The summed E-state index contributed by atoms with van der Waals surface area (Å²) in [4.78, 5) is 12.7. The second kappa shape index (κ2) is 6.34. The van der Waals surface area contributed by atoms with Crippen molar-refractivity contribution in [1.82, 2.24) is 9.78 Å². The molecule has 0 saturated heterocycles. The Morgan fingerprint density at radius 2 is 1.74 bits per heavy atom. The van der Waals surface area contributed by atoms with E-state index in [0.29, 0.717) is 11.4 Å². The van der Waals surface area contributed by atoms with Crippen LogP contribution in [0.25, 0.3) is 5.69 Å². The average Bonchev–Trinajstić information content (AvgIpc) is 2.85. The first-order valence-electron chi connectivity index (χ1n) is 7.28. The van der Waals surface area contributed by atoms with Crippen molar-refractivity contribution < 1.29 is 4.74 Å². The lowest BCUT2D eigenvalue weighted by Crippen LogP contribution is -2.17. The van der Waals surface area contributed by atoms with Gasteiger partial charge in [-0.3, -0.25) is 9.89 Å². The number of aromatic amines is 1. The molecule has 0 amide bonds. The number of aromatic nitrogens is 2. The lowest BCUT2D eigenvalue weighted by molar-refractivity contribution is 0.414. The topological polar surface area (TPSA) is 47.0 Å². The first-order chi connectivity index (χ1) is 11.1. The number of benzene rings is 2. The van der Waals surface area contributed by atoms with Crippen molar-refractivity contribution in [1.29, 1.82) is 0 Å². The second-order valence-corrected chi connectivity index (χ2v) is 5.79. The van der Waals surface area contributed by atoms with Crippen LogP contribution >= 0.6 is 11.6 Å². The summed E-state index contributed by atoms with van der Waals surface area (Å²) in [5.41, 5.74) is 3.41. The minimum absolute atomic E-state index is 0.0392. The predicted octanol–water partition coefficient (Wildman–Crippen LogP) is 3.73. The molecule has 1 N–H and O–H groups in total. The molecule has 4 nitrogen and oxygen atoms in total. The molecule has 0 aliphatic rings. The third-order valence-corrected chi connectivity index (χ3v) is 4.07. The first kappa shape index (κ1) is 15.4. The number of ether oxygens (including phenoxy) is 1. The summed E-state index contributed by atoms with van der Waals surface area (Å²) in [6.45, 7) is 1.91. The molecule has 3 rings (SSSR count). The molecule has 0 aliphatic carbocycles. The zero-order valence-corrected chi connectivity index (χ0v) is 13.7. The van der Waals surface area contributed by atoms with E-state index in [1.807, 2.05) is 55.5 Å². The first-order valence-corrected chi connectivity index (χ1v) is 7.65. The number of rotatable bonds is 4. The van der Waals surface area contributed by atoms with Gasteiger partial charge in [-0.25, -0.2) is 4.68 Å². The van der Waals surface area contributed by atoms with Gasteiger partial charge in [0.1, 0.15) is 5.75 Å². The van der Waals surface area contributed by atoms with Crippen molar-refractivity contribution in [3.63, 3.8) is 0 Å². The number of nitrogens with one attached hydrogen (secondary N) is 1. The van der Waals surface area contributed by atoms with E-state index >= 15 is 0 Å². The Kier molecular flexibility index (Phi) is 4.26. The van der Waals surface area contributed by atoms with Gasteiger partial charge in [-0.2, -0.15) is 0 Å². The fourth-order valence-corrected chi connectivity index (χ4v) is 2.63. The monoisotopic (exact) mass is 328 g/mol. The Morgan fingerprint density at radius 3 is 2.35 bits per heavy atom. The van der Waals surface area contributed by atoms with Crippen molar-refractivity contribution in [2.45, 2.75) is 13.3 Å². The number of methoxy groups -OCH3 is 1. The van der Waals surface area contributed by atoms with Crippen LogP contribution in [0.15, 0.2) is 53.3 Å². The number of H-pyrrole nitrogens is 1. The van der Waals surface area contributed by atoms with Crippen LogP contribution in [0.4, 0.5) is 0 Å². The molecule has 5 heteroatoms. The zero-order valence-electron chi connectivity index (χ0n) is 13.0. The molecule has 2 aromatic carbocycles. The highest BCUT2D eigenvalue weighted by Gasteiger charge is 2.13. The van der Waals surface area contributed by atoms with E-state index < -0.39 is 0 Å². The van der Waals surface area contributed by atoms with Gasteiger partial charge in [0.2, 0.25) is 0 Å². The minimum atomic E-state index is -0.0392. The van der Waals surface area contributed by atoms with E-state index in [-0.39, 0.29) is 5.56 Å². The van der Waals surface area contributed by atoms with Gasteiger partial charge in [0.25, 0.3) is 5.56 Å². The van der Waals surface area contributed by atoms with Crippen LogP contribution in [-0.2, 0) is 6.42 Å². The standard InChI is InChI=1S/C18H17ClN2O2/c1-12-17(11-13-3-5-14(19)6-4-13)18(22)21(20-12)15-7-9-16(23-2)10-8-15/h3-10,20H,11H2,1-2H3. The Hall–Kier alpha value is -2.46. The lowest BCUT2D eigenvalue weighted by atomic mass is 10.1. The number of hydrogen-bond donors (Lipinski definition) is 1. The zero-order chi connectivity index (χ0) is 16.4. The molecular weight excluding hydrogens is 312 g/mol. The maximum atomic E-state index is 12.7. The fourth-order valence-electron chi connectivity index (χ4n) is 2.51. The largest absolute Gasteiger partial charge is 0.497 e. The molecule has 0 saturated carbocycles. The van der Waals surface area contributed by atoms with Crippen molar-refractivity contribution in [3.8, 4) is 11.4 Å². The van der Waals surface area contributed by atoms with Gasteiger partial charge in [0.05, 0.1) is 12.8 Å². The van der Waals surface area contributed by atoms with Crippen molar-refractivity contribution in [3.05, 3.63) is 80.7 Å². The molecule has 1 aromatic heterocycles. The van der Waals surface area contributed by atoms with Gasteiger partial charge in [-0.05, 0) is 48.9 Å². The maximum Gasteiger partial charge on any atom is 0.274 e. The summed E-state index contributed by atoms with van der Waals surface area (Å²) < 4.78 is 6.70. The number of hydrogen-bond acceptors (Lipinski definition) is 2. The summed E-state index contributed by atoms with van der Waals surface area (Å²) in [7, 11) is 1.62. The molecule has 0 atom stereocenters. The van der Waals surface area contributed by atoms with E-state index in [0.717, 1.165) is 28.3 Å². The number of aryl methyl sites for hydroxylation is 1. The fraction of sp³-hybridized carbons (Fsp3) is 0.167. The molecule has 0 fully saturated rings. The molecule has 0 spiro atoms. The van der Waals surface area contributed by atoms with Crippen molar-refractivity contribution in [2.75, 3.05) is 7.11 Å². The summed E-state index contributed by atoms with van der Waals surface area (Å²) >= 11 is 5.90. The van der Waals surface area contributed by atoms with Crippen LogP contribution in [0, 0.1) is 6.92 Å². The molecule has 118 valence electrons. The van der Waals surface area contributed by atoms with E-state index in [9.17, 15) is 4.79 Å². The summed E-state index contributed by atoms with van der Waals surface area (Å²) in [6.07, 6.45) is 0.571. The maximum absolute atomic E-state index is 12.7. The minimum Gasteiger partial charge on any atom is -0.497 e. The van der Waals surface area contributed by atoms with E-state index in [4.69, 9.17) is 16.3 Å². The highest BCUT2D eigenvalue weighted by atomic mass is 35.5. The molecular formula is C18H17ClN2O2. The Balaban J connectivity index is 1.95. The van der Waals surface area contributed by atoms with Crippen LogP contribution in [-0.4, -0.2) is 16.9 Å². The van der Waals surface area contributed by atoms with Crippen LogP contribution < -0.4 is 10.3 Å². The lowest BCUT2D eigenvalue weighted by Gasteiger charge is -2.03. The van der Waals surface area contributed by atoms with Gasteiger partial charge in [-0.1, -0.05) is 23.7 Å². The Morgan fingerprint density at radius 1 is 1.09 bits per heavy atom. The number of halogens is 1. The van der Waals surface area contributed by atoms with Gasteiger partial charge in [0.15, 0.2) is 0 Å². The van der Waals surface area contributed by atoms with E-state index in [1.54, 1.807) is 11.8 Å². The van der Waals surface area contributed by atoms with Crippen LogP contribution in [0.2, 0.25) is 5.02 Å². The Labute approximate surface area is 139 Å². The van der Waals surface area contributed by atoms with Crippen molar-refractivity contribution in [2.24, 2.45) is 0 Å². The quantitative estimate of drug-likeness (QED) is 0.793. The van der Waals surface area contributed by atoms with Gasteiger partial charge in [-0.15, -0.1) is 0 Å². The van der Waals surface area contributed by atoms with E-state index in [2.05, 4.69) is 5.10 Å². The molecule has 1 heterocycles.